The van der Waals surface area contributed by atoms with Crippen LogP contribution in [0.2, 0.25) is 0 Å². The van der Waals surface area contributed by atoms with Crippen molar-refractivity contribution in [2.24, 2.45) is 10.8 Å². The predicted molar refractivity (Wildman–Crippen MR) is 106 cm³/mol. The number of imidazole rings is 1. The van der Waals surface area contributed by atoms with Gasteiger partial charge in [-0.15, -0.1) is 35.0 Å². The van der Waals surface area contributed by atoms with E-state index in [1.165, 1.54) is 11.5 Å². The van der Waals surface area contributed by atoms with Crippen LogP contribution in [-0.4, -0.2) is 20.3 Å². The minimum absolute atomic E-state index is 0. The van der Waals surface area contributed by atoms with Crippen molar-refractivity contribution in [3.05, 3.63) is 60.8 Å². The number of aliphatic hydroxyl groups is 1. The third kappa shape index (κ3) is 6.02. The predicted octanol–water partition coefficient (Wildman–Crippen LogP) is 5.37. The molecule has 0 aliphatic rings. The third-order valence-electron chi connectivity index (χ3n) is 3.97. The van der Waals surface area contributed by atoms with Gasteiger partial charge in [0.2, 0.25) is 0 Å². The molecule has 0 spiro atoms. The first-order chi connectivity index (χ1) is 12.0. The van der Waals surface area contributed by atoms with Crippen LogP contribution >= 0.6 is 0 Å². The molecule has 0 atom stereocenters. The van der Waals surface area contributed by atoms with E-state index in [0.29, 0.717) is 0 Å². The normalized spacial score (nSPS) is 12.3. The Morgan fingerprint density at radius 1 is 1.11 bits per heavy atom. The number of hydrogen-bond donors (Lipinski definition) is 1. The zero-order valence-corrected chi connectivity index (χ0v) is 19.1. The first-order valence-electron chi connectivity index (χ1n) is 8.68. The maximum atomic E-state index is 11.5. The molecule has 4 nitrogen and oxygen atoms in total. The third-order valence-corrected chi connectivity index (χ3v) is 3.97. The molecule has 0 amide bonds. The molecule has 27 heavy (non-hydrogen) atoms. The Kier molecular flexibility index (Phi) is 7.53. The van der Waals surface area contributed by atoms with Crippen LogP contribution in [0.1, 0.15) is 41.5 Å². The second-order valence-electron chi connectivity index (χ2n) is 8.37. The number of ketones is 1. The van der Waals surface area contributed by atoms with Gasteiger partial charge in [0, 0.05) is 49.4 Å². The summed E-state index contributed by atoms with van der Waals surface area (Å²) in [7, 11) is 0. The van der Waals surface area contributed by atoms with Gasteiger partial charge in [0.1, 0.15) is 5.76 Å². The number of pyridine rings is 1. The first kappa shape index (κ1) is 23.1. The standard InChI is InChI=1S/C11H7N2.C11H20O2.Ir/c1-2-4-10-9(3-1)5-7-13-8-6-12-11(10)13;1-10(2,3)8(12)7-9(13)11(4,5)6;/h1-3,5-8H;7,12H,1-6H3;/q-1;;/b;8-7-;. The number of benzene rings is 1. The van der Waals surface area contributed by atoms with Crippen LogP contribution in [0.3, 0.4) is 0 Å². The Morgan fingerprint density at radius 3 is 2.37 bits per heavy atom. The van der Waals surface area contributed by atoms with Crippen LogP contribution in [0.5, 0.6) is 0 Å². The van der Waals surface area contributed by atoms with Gasteiger partial charge in [-0.1, -0.05) is 47.6 Å². The average molecular weight is 544 g/mol. The first-order valence-corrected chi connectivity index (χ1v) is 8.68. The zero-order valence-electron chi connectivity index (χ0n) is 16.7. The minimum Gasteiger partial charge on any atom is -0.512 e. The van der Waals surface area contributed by atoms with Gasteiger partial charge in [-0.05, 0) is 6.20 Å². The molecule has 147 valence electrons. The minimum atomic E-state index is -0.417. The molecule has 1 aromatic carbocycles. The van der Waals surface area contributed by atoms with E-state index in [1.807, 2.05) is 70.5 Å². The molecular weight excluding hydrogens is 516 g/mol. The molecule has 0 saturated heterocycles. The van der Waals surface area contributed by atoms with Gasteiger partial charge in [0.25, 0.3) is 0 Å². The second kappa shape index (κ2) is 8.81. The largest absolute Gasteiger partial charge is 0.512 e. The molecular formula is C22H27IrN2O2-. The Hall–Kier alpha value is -1.97. The quantitative estimate of drug-likeness (QED) is 0.255. The molecule has 1 N–H and O–H groups in total. The second-order valence-corrected chi connectivity index (χ2v) is 8.37. The topological polar surface area (TPSA) is 54.6 Å². The molecule has 0 unspecified atom stereocenters. The summed E-state index contributed by atoms with van der Waals surface area (Å²) in [6.07, 6.45) is 7.09. The van der Waals surface area contributed by atoms with E-state index in [2.05, 4.69) is 23.2 Å². The van der Waals surface area contributed by atoms with E-state index >= 15 is 0 Å². The number of aliphatic hydroxyl groups excluding tert-OH is 1. The van der Waals surface area contributed by atoms with E-state index < -0.39 is 5.41 Å². The maximum Gasteiger partial charge on any atom is 0.164 e. The molecule has 0 aliphatic heterocycles. The number of allylic oxidation sites excluding steroid dienone is 2. The molecule has 0 saturated carbocycles. The fourth-order valence-corrected chi connectivity index (χ4v) is 2.13. The molecule has 2 heterocycles. The van der Waals surface area contributed by atoms with Crippen molar-refractivity contribution in [3.63, 3.8) is 0 Å². The van der Waals surface area contributed by atoms with Crippen molar-refractivity contribution in [2.75, 3.05) is 0 Å². The summed E-state index contributed by atoms with van der Waals surface area (Å²) in [4.78, 5) is 15.8. The van der Waals surface area contributed by atoms with Crippen molar-refractivity contribution in [2.45, 2.75) is 41.5 Å². The van der Waals surface area contributed by atoms with Crippen molar-refractivity contribution in [1.82, 2.24) is 9.38 Å². The zero-order chi connectivity index (χ0) is 19.5. The molecule has 2 aromatic heterocycles. The molecule has 0 aliphatic carbocycles. The summed E-state index contributed by atoms with van der Waals surface area (Å²) in [5, 5.41) is 11.8. The molecule has 1 radical (unpaired) electrons. The number of rotatable bonds is 1. The van der Waals surface area contributed by atoms with Gasteiger partial charge < -0.3 is 9.51 Å². The Morgan fingerprint density at radius 2 is 1.78 bits per heavy atom. The van der Waals surface area contributed by atoms with Crippen molar-refractivity contribution in [3.8, 4) is 0 Å². The van der Waals surface area contributed by atoms with Crippen LogP contribution in [0.15, 0.2) is 54.7 Å². The summed E-state index contributed by atoms with van der Waals surface area (Å²) >= 11 is 0. The number of aromatic nitrogens is 2. The van der Waals surface area contributed by atoms with Gasteiger partial charge in [0.15, 0.2) is 5.78 Å². The van der Waals surface area contributed by atoms with Crippen molar-refractivity contribution >= 4 is 22.2 Å². The van der Waals surface area contributed by atoms with Crippen LogP contribution in [0.25, 0.3) is 16.4 Å². The summed E-state index contributed by atoms with van der Waals surface area (Å²) in [5.41, 5.74) is 0.207. The van der Waals surface area contributed by atoms with Gasteiger partial charge in [-0.25, -0.2) is 0 Å². The number of carbonyl (C=O) groups excluding carboxylic acids is 1. The smallest absolute Gasteiger partial charge is 0.164 e. The Labute approximate surface area is 174 Å². The van der Waals surface area contributed by atoms with Gasteiger partial charge >= 0.3 is 0 Å². The summed E-state index contributed by atoms with van der Waals surface area (Å²) < 4.78 is 2.00. The van der Waals surface area contributed by atoms with E-state index in [4.69, 9.17) is 0 Å². The summed E-state index contributed by atoms with van der Waals surface area (Å²) in [6.45, 7) is 11.1. The summed E-state index contributed by atoms with van der Waals surface area (Å²) in [6, 6.07) is 11.2. The molecule has 3 aromatic rings. The van der Waals surface area contributed by atoms with Crippen LogP contribution in [-0.2, 0) is 24.9 Å². The Bertz CT molecular complexity index is 944. The fourth-order valence-electron chi connectivity index (χ4n) is 2.13. The number of fused-ring (bicyclic) bond motifs is 3. The monoisotopic (exact) mass is 544 g/mol. The number of carbonyl (C=O) groups is 1. The van der Waals surface area contributed by atoms with E-state index in [1.54, 1.807) is 6.20 Å². The molecule has 0 fully saturated rings. The van der Waals surface area contributed by atoms with Crippen LogP contribution in [0, 0.1) is 16.9 Å². The number of hydrogen-bond acceptors (Lipinski definition) is 3. The van der Waals surface area contributed by atoms with Gasteiger partial charge in [-0.3, -0.25) is 9.78 Å². The molecule has 0 bridgehead atoms. The van der Waals surface area contributed by atoms with Crippen molar-refractivity contribution in [1.29, 1.82) is 0 Å². The Balaban J connectivity index is 0.000000260. The van der Waals surface area contributed by atoms with E-state index in [0.717, 1.165) is 11.0 Å². The van der Waals surface area contributed by atoms with Crippen LogP contribution < -0.4 is 0 Å². The summed E-state index contributed by atoms with van der Waals surface area (Å²) in [5.74, 6) is 0.104. The van der Waals surface area contributed by atoms with Crippen molar-refractivity contribution < 1.29 is 30.0 Å². The van der Waals surface area contributed by atoms with Crippen LogP contribution in [0.4, 0.5) is 0 Å². The van der Waals surface area contributed by atoms with E-state index in [9.17, 15) is 9.90 Å². The van der Waals surface area contributed by atoms with Gasteiger partial charge in [-0.2, -0.15) is 0 Å². The number of nitrogens with zero attached hydrogens (tertiary/aromatic N) is 2. The van der Waals surface area contributed by atoms with Gasteiger partial charge in [0.05, 0.1) is 5.65 Å². The van der Waals surface area contributed by atoms with E-state index in [-0.39, 0.29) is 37.1 Å². The SMILES string of the molecule is CC(C)(C)C(=O)/C=C(\O)C(C)(C)C.[Ir].[c-]1cccc2ccn3ccnc3c12. The molecule has 5 heteroatoms. The maximum absolute atomic E-state index is 11.5. The fraction of sp³-hybridized carbons (Fsp3) is 0.364. The molecule has 3 rings (SSSR count). The average Bonchev–Trinajstić information content (AvgIpc) is 3.02.